The van der Waals surface area contributed by atoms with Crippen molar-refractivity contribution in [2.75, 3.05) is 0 Å². The fraction of sp³-hybridized carbons (Fsp3) is 0.300. The maximum absolute atomic E-state index is 11.9. The van der Waals surface area contributed by atoms with Crippen LogP contribution in [0.4, 0.5) is 0 Å². The Bertz CT molecular complexity index is 572. The predicted octanol–water partition coefficient (Wildman–Crippen LogP) is 0.938. The molecule has 2 aromatic rings. The highest BCUT2D eigenvalue weighted by Crippen LogP contribution is 2.01. The second kappa shape index (κ2) is 4.36. The molecule has 0 unspecified atom stereocenters. The first-order valence-electron chi connectivity index (χ1n) is 4.78. The van der Waals surface area contributed by atoms with Gasteiger partial charge in [-0.15, -0.1) is 0 Å². The summed E-state index contributed by atoms with van der Waals surface area (Å²) in [6.45, 7) is 2.29. The van der Waals surface area contributed by atoms with Gasteiger partial charge in [-0.1, -0.05) is 0 Å². The lowest BCUT2D eigenvalue weighted by Crippen LogP contribution is -2.26. The van der Waals surface area contributed by atoms with Crippen LogP contribution in [-0.2, 0) is 13.6 Å². The minimum Gasteiger partial charge on any atom is -0.290 e. The topological polar surface area (TPSA) is 52.7 Å². The average molecular weight is 330 g/mol. The van der Waals surface area contributed by atoms with Gasteiger partial charge in [-0.25, -0.2) is 4.98 Å². The quantitative estimate of drug-likeness (QED) is 0.770. The molecular weight excluding hydrogens is 319 g/mol. The lowest BCUT2D eigenvalue weighted by Gasteiger charge is -2.07. The maximum Gasteiger partial charge on any atom is 0.267 e. The van der Waals surface area contributed by atoms with E-state index in [4.69, 9.17) is 0 Å². The lowest BCUT2D eigenvalue weighted by molar-refractivity contribution is 0.658. The number of aromatic nitrogens is 4. The van der Waals surface area contributed by atoms with Gasteiger partial charge in [0.05, 0.1) is 15.8 Å². The fourth-order valence-electron chi connectivity index (χ4n) is 1.45. The Morgan fingerprint density at radius 2 is 2.25 bits per heavy atom. The molecule has 0 bridgehead atoms. The van der Waals surface area contributed by atoms with E-state index in [1.807, 2.05) is 48.8 Å². The van der Waals surface area contributed by atoms with Gasteiger partial charge in [-0.05, 0) is 35.6 Å². The standard InChI is InChI=1S/C10H11IN4O/c1-7-12-5-9(11)10(16)15(7)6-8-3-4-14(2)13-8/h3-5H,6H2,1-2H3. The third-order valence-corrected chi connectivity index (χ3v) is 3.03. The molecule has 0 aliphatic heterocycles. The van der Waals surface area contributed by atoms with Gasteiger partial charge in [0, 0.05) is 19.4 Å². The molecule has 0 saturated heterocycles. The first-order valence-corrected chi connectivity index (χ1v) is 5.86. The number of rotatable bonds is 2. The molecule has 0 atom stereocenters. The molecule has 0 radical (unpaired) electrons. The van der Waals surface area contributed by atoms with Crippen molar-refractivity contribution in [3.63, 3.8) is 0 Å². The molecular formula is C10H11IN4O. The summed E-state index contributed by atoms with van der Waals surface area (Å²) in [4.78, 5) is 16.0. The zero-order chi connectivity index (χ0) is 11.7. The van der Waals surface area contributed by atoms with Crippen molar-refractivity contribution >= 4 is 22.6 Å². The van der Waals surface area contributed by atoms with E-state index in [0.717, 1.165) is 5.69 Å². The summed E-state index contributed by atoms with van der Waals surface area (Å²) in [5.41, 5.74) is 0.843. The highest BCUT2D eigenvalue weighted by Gasteiger charge is 2.07. The molecule has 0 aromatic carbocycles. The number of halogens is 1. The molecule has 0 aliphatic carbocycles. The second-order valence-electron chi connectivity index (χ2n) is 3.53. The van der Waals surface area contributed by atoms with Crippen LogP contribution in [0, 0.1) is 10.5 Å². The van der Waals surface area contributed by atoms with Crippen molar-refractivity contribution in [2.24, 2.45) is 7.05 Å². The molecule has 5 nitrogen and oxygen atoms in total. The molecule has 0 aliphatic rings. The van der Waals surface area contributed by atoms with Crippen LogP contribution in [0.2, 0.25) is 0 Å². The highest BCUT2D eigenvalue weighted by atomic mass is 127. The van der Waals surface area contributed by atoms with Gasteiger partial charge >= 0.3 is 0 Å². The smallest absolute Gasteiger partial charge is 0.267 e. The van der Waals surface area contributed by atoms with Crippen LogP contribution in [0.5, 0.6) is 0 Å². The highest BCUT2D eigenvalue weighted by molar-refractivity contribution is 14.1. The Hall–Kier alpha value is -1.18. The molecule has 2 aromatic heterocycles. The summed E-state index contributed by atoms with van der Waals surface area (Å²) < 4.78 is 3.97. The Balaban J connectivity index is 2.42. The number of hydrogen-bond acceptors (Lipinski definition) is 3. The monoisotopic (exact) mass is 330 g/mol. The van der Waals surface area contributed by atoms with Gasteiger partial charge < -0.3 is 0 Å². The first kappa shape index (κ1) is 11.3. The van der Waals surface area contributed by atoms with Gasteiger partial charge in [0.1, 0.15) is 5.82 Å². The molecule has 0 N–H and O–H groups in total. The minimum atomic E-state index is -0.0150. The van der Waals surface area contributed by atoms with E-state index in [1.54, 1.807) is 15.4 Å². The summed E-state index contributed by atoms with van der Waals surface area (Å²) in [6.07, 6.45) is 3.45. The molecule has 0 spiro atoms. The Morgan fingerprint density at radius 3 is 2.88 bits per heavy atom. The van der Waals surface area contributed by atoms with Crippen LogP contribution in [0.15, 0.2) is 23.3 Å². The van der Waals surface area contributed by atoms with Crippen LogP contribution in [0.1, 0.15) is 11.5 Å². The average Bonchev–Trinajstić information content (AvgIpc) is 2.65. The summed E-state index contributed by atoms with van der Waals surface area (Å²) in [6, 6.07) is 1.89. The van der Waals surface area contributed by atoms with E-state index in [2.05, 4.69) is 10.1 Å². The maximum atomic E-state index is 11.9. The van der Waals surface area contributed by atoms with Crippen molar-refractivity contribution in [3.8, 4) is 0 Å². The molecule has 6 heteroatoms. The normalized spacial score (nSPS) is 10.7. The summed E-state index contributed by atoms with van der Waals surface area (Å²) in [5, 5.41) is 4.24. The molecule has 2 heterocycles. The molecule has 16 heavy (non-hydrogen) atoms. The van der Waals surface area contributed by atoms with Crippen molar-refractivity contribution in [1.82, 2.24) is 19.3 Å². The van der Waals surface area contributed by atoms with Gasteiger partial charge in [0.15, 0.2) is 0 Å². The fourth-order valence-corrected chi connectivity index (χ4v) is 1.88. The third kappa shape index (κ3) is 2.16. The van der Waals surface area contributed by atoms with E-state index >= 15 is 0 Å². The van der Waals surface area contributed by atoms with E-state index in [-0.39, 0.29) is 5.56 Å². The van der Waals surface area contributed by atoms with Crippen LogP contribution in [0.3, 0.4) is 0 Å². The van der Waals surface area contributed by atoms with Gasteiger partial charge in [0.25, 0.3) is 5.56 Å². The molecule has 84 valence electrons. The number of hydrogen-bond donors (Lipinski definition) is 0. The van der Waals surface area contributed by atoms with Gasteiger partial charge in [-0.3, -0.25) is 14.0 Å². The second-order valence-corrected chi connectivity index (χ2v) is 4.69. The van der Waals surface area contributed by atoms with E-state index in [0.29, 0.717) is 15.9 Å². The summed E-state index contributed by atoms with van der Waals surface area (Å²) >= 11 is 1.99. The van der Waals surface area contributed by atoms with Gasteiger partial charge in [-0.2, -0.15) is 5.10 Å². The SMILES string of the molecule is Cc1ncc(I)c(=O)n1Cc1ccn(C)n1. The van der Waals surface area contributed by atoms with Crippen molar-refractivity contribution in [1.29, 1.82) is 0 Å². The molecule has 0 saturated carbocycles. The minimum absolute atomic E-state index is 0.0150. The van der Waals surface area contributed by atoms with E-state index in [9.17, 15) is 4.79 Å². The van der Waals surface area contributed by atoms with Crippen LogP contribution in [0.25, 0.3) is 0 Å². The molecule has 0 amide bonds. The van der Waals surface area contributed by atoms with Crippen LogP contribution < -0.4 is 5.56 Å². The Labute approximate surface area is 106 Å². The predicted molar refractivity (Wildman–Crippen MR) is 68.3 cm³/mol. The van der Waals surface area contributed by atoms with Crippen molar-refractivity contribution < 1.29 is 0 Å². The molecule has 2 rings (SSSR count). The lowest BCUT2D eigenvalue weighted by atomic mass is 10.4. The summed E-state index contributed by atoms with van der Waals surface area (Å²) in [7, 11) is 1.85. The Kier molecular flexibility index (Phi) is 3.08. The van der Waals surface area contributed by atoms with Crippen LogP contribution in [-0.4, -0.2) is 19.3 Å². The van der Waals surface area contributed by atoms with Crippen molar-refractivity contribution in [3.05, 3.63) is 43.9 Å². The molecule has 0 fully saturated rings. The largest absolute Gasteiger partial charge is 0.290 e. The Morgan fingerprint density at radius 1 is 1.50 bits per heavy atom. The summed E-state index contributed by atoms with van der Waals surface area (Å²) in [5.74, 6) is 0.705. The van der Waals surface area contributed by atoms with E-state index < -0.39 is 0 Å². The zero-order valence-corrected chi connectivity index (χ0v) is 11.2. The van der Waals surface area contributed by atoms with E-state index in [1.165, 1.54) is 0 Å². The van der Waals surface area contributed by atoms with Crippen molar-refractivity contribution in [2.45, 2.75) is 13.5 Å². The number of aryl methyl sites for hydroxylation is 2. The number of nitrogens with zero attached hydrogens (tertiary/aromatic N) is 4. The van der Waals surface area contributed by atoms with Gasteiger partial charge in [0.2, 0.25) is 0 Å². The van der Waals surface area contributed by atoms with Crippen LogP contribution >= 0.6 is 22.6 Å². The zero-order valence-electron chi connectivity index (χ0n) is 9.01. The third-order valence-electron chi connectivity index (χ3n) is 2.29. The first-order chi connectivity index (χ1) is 7.58.